The molecule has 1 aliphatic heterocycles. The fourth-order valence-electron chi connectivity index (χ4n) is 2.11. The highest BCUT2D eigenvalue weighted by Crippen LogP contribution is 2.30. The van der Waals surface area contributed by atoms with Crippen LogP contribution in [-0.2, 0) is 4.74 Å². The van der Waals surface area contributed by atoms with E-state index in [9.17, 15) is 4.79 Å². The average Bonchev–Trinajstić information content (AvgIpc) is 2.98. The molecule has 0 unspecified atom stereocenters. The Kier molecular flexibility index (Phi) is 5.30. The molecular formula is C13H19NO4S. The number of nitrogens with one attached hydrogen (secondary N) is 1. The first-order chi connectivity index (χ1) is 9.26. The quantitative estimate of drug-likeness (QED) is 0.824. The molecule has 5 nitrogen and oxygen atoms in total. The molecule has 2 N–H and O–H groups in total. The van der Waals surface area contributed by atoms with Gasteiger partial charge in [0.2, 0.25) is 0 Å². The van der Waals surface area contributed by atoms with E-state index in [4.69, 9.17) is 14.3 Å². The lowest BCUT2D eigenvalue weighted by Crippen LogP contribution is -2.48. The van der Waals surface area contributed by atoms with Crippen molar-refractivity contribution in [1.29, 1.82) is 0 Å². The fraction of sp³-hybridized carbons (Fsp3) is 0.615. The van der Waals surface area contributed by atoms with Crippen LogP contribution in [0.3, 0.4) is 0 Å². The summed E-state index contributed by atoms with van der Waals surface area (Å²) in [5.41, 5.74) is 0.176. The number of hydrogen-bond donors (Lipinski definition) is 2. The minimum atomic E-state index is -0.340. The maximum atomic E-state index is 11.9. The Bertz CT molecular complexity index is 387. The van der Waals surface area contributed by atoms with Crippen molar-refractivity contribution in [3.8, 4) is 0 Å². The molecule has 1 fully saturated rings. The zero-order valence-corrected chi connectivity index (χ0v) is 11.6. The van der Waals surface area contributed by atoms with E-state index in [1.165, 1.54) is 12.5 Å². The Morgan fingerprint density at radius 2 is 2.32 bits per heavy atom. The van der Waals surface area contributed by atoms with Crippen LogP contribution in [0.5, 0.6) is 0 Å². The van der Waals surface area contributed by atoms with E-state index in [0.717, 1.165) is 24.3 Å². The van der Waals surface area contributed by atoms with Gasteiger partial charge in [-0.2, -0.15) is 11.8 Å². The van der Waals surface area contributed by atoms with Crippen LogP contribution in [0.2, 0.25) is 0 Å². The molecule has 19 heavy (non-hydrogen) atoms. The molecule has 1 aromatic rings. The second-order valence-corrected chi connectivity index (χ2v) is 5.79. The number of thioether (sulfide) groups is 1. The highest BCUT2D eigenvalue weighted by molar-refractivity contribution is 7.99. The largest absolute Gasteiger partial charge is 0.472 e. The molecule has 106 valence electrons. The van der Waals surface area contributed by atoms with Gasteiger partial charge in [0.05, 0.1) is 30.6 Å². The van der Waals surface area contributed by atoms with Gasteiger partial charge in [0, 0.05) is 6.54 Å². The van der Waals surface area contributed by atoms with Crippen LogP contribution in [0, 0.1) is 0 Å². The Morgan fingerprint density at radius 1 is 1.53 bits per heavy atom. The normalized spacial score (nSPS) is 18.2. The molecule has 0 bridgehead atoms. The molecule has 0 radical (unpaired) electrons. The smallest absolute Gasteiger partial charge is 0.254 e. The van der Waals surface area contributed by atoms with Gasteiger partial charge in [-0.15, -0.1) is 0 Å². The number of rotatable bonds is 6. The third-order valence-electron chi connectivity index (χ3n) is 3.26. The number of aliphatic hydroxyl groups excluding tert-OH is 1. The van der Waals surface area contributed by atoms with Crippen molar-refractivity contribution >= 4 is 17.7 Å². The molecule has 1 aromatic heterocycles. The summed E-state index contributed by atoms with van der Waals surface area (Å²) in [5.74, 6) is 1.89. The number of carbonyl (C=O) groups excluding carboxylic acids is 1. The second kappa shape index (κ2) is 6.98. The van der Waals surface area contributed by atoms with Gasteiger partial charge < -0.3 is 19.6 Å². The fourth-order valence-corrected chi connectivity index (χ4v) is 3.35. The summed E-state index contributed by atoms with van der Waals surface area (Å²) in [5, 5.41) is 11.8. The van der Waals surface area contributed by atoms with Gasteiger partial charge in [0.15, 0.2) is 0 Å². The van der Waals surface area contributed by atoms with E-state index in [0.29, 0.717) is 18.7 Å². The monoisotopic (exact) mass is 285 g/mol. The molecule has 2 heterocycles. The molecule has 6 heteroatoms. The van der Waals surface area contributed by atoms with Crippen LogP contribution < -0.4 is 5.32 Å². The minimum Gasteiger partial charge on any atom is -0.472 e. The molecule has 0 aliphatic carbocycles. The standard InChI is InChI=1S/C13H19NO4S/c15-4-6-18-13(2-7-19-8-3-13)10-14-12(16)11-1-5-17-9-11/h1,5,9,15H,2-4,6-8,10H2,(H,14,16). The van der Waals surface area contributed by atoms with E-state index in [-0.39, 0.29) is 18.1 Å². The Morgan fingerprint density at radius 3 is 2.95 bits per heavy atom. The van der Waals surface area contributed by atoms with Crippen LogP contribution >= 0.6 is 11.8 Å². The van der Waals surface area contributed by atoms with Gasteiger partial charge in [0.25, 0.3) is 5.91 Å². The minimum absolute atomic E-state index is 0.00453. The molecule has 1 amide bonds. The lowest BCUT2D eigenvalue weighted by atomic mass is 9.96. The van der Waals surface area contributed by atoms with Crippen LogP contribution in [0.4, 0.5) is 0 Å². The molecule has 0 aromatic carbocycles. The SMILES string of the molecule is O=C(NCC1(OCCO)CCSCC1)c1ccoc1. The van der Waals surface area contributed by atoms with Crippen LogP contribution in [0.25, 0.3) is 0 Å². The van der Waals surface area contributed by atoms with Crippen LogP contribution in [0.1, 0.15) is 23.2 Å². The maximum Gasteiger partial charge on any atom is 0.254 e. The summed E-state index contributed by atoms with van der Waals surface area (Å²) < 4.78 is 10.7. The van der Waals surface area contributed by atoms with E-state index in [1.54, 1.807) is 6.07 Å². The molecule has 0 spiro atoms. The highest BCUT2D eigenvalue weighted by Gasteiger charge is 2.33. The van der Waals surface area contributed by atoms with Crippen molar-refractivity contribution in [3.05, 3.63) is 24.2 Å². The third-order valence-corrected chi connectivity index (χ3v) is 4.24. The summed E-state index contributed by atoms with van der Waals surface area (Å²) in [6.07, 6.45) is 4.68. The number of amides is 1. The topological polar surface area (TPSA) is 71.7 Å². The van der Waals surface area contributed by atoms with Crippen molar-refractivity contribution in [2.24, 2.45) is 0 Å². The van der Waals surface area contributed by atoms with Crippen molar-refractivity contribution in [2.75, 3.05) is 31.3 Å². The van der Waals surface area contributed by atoms with Crippen LogP contribution in [-0.4, -0.2) is 47.9 Å². The summed E-state index contributed by atoms with van der Waals surface area (Å²) in [7, 11) is 0. The number of ether oxygens (including phenoxy) is 1. The summed E-state index contributed by atoms with van der Waals surface area (Å²) >= 11 is 1.89. The van der Waals surface area contributed by atoms with Gasteiger partial charge in [0.1, 0.15) is 6.26 Å². The summed E-state index contributed by atoms with van der Waals surface area (Å²) in [6, 6.07) is 1.63. The lowest BCUT2D eigenvalue weighted by molar-refractivity contribution is -0.0608. The predicted octanol–water partition coefficient (Wildman–Crippen LogP) is 1.28. The van der Waals surface area contributed by atoms with Crippen molar-refractivity contribution in [1.82, 2.24) is 5.32 Å². The van der Waals surface area contributed by atoms with E-state index >= 15 is 0 Å². The van der Waals surface area contributed by atoms with Gasteiger partial charge >= 0.3 is 0 Å². The number of carbonyl (C=O) groups is 1. The molecular weight excluding hydrogens is 266 g/mol. The maximum absolute atomic E-state index is 11.9. The number of hydrogen-bond acceptors (Lipinski definition) is 5. The zero-order chi connectivity index (χ0) is 13.6. The van der Waals surface area contributed by atoms with Gasteiger partial charge in [-0.05, 0) is 30.4 Å². The van der Waals surface area contributed by atoms with Crippen molar-refractivity contribution < 1.29 is 19.1 Å². The van der Waals surface area contributed by atoms with Crippen molar-refractivity contribution in [2.45, 2.75) is 18.4 Å². The lowest BCUT2D eigenvalue weighted by Gasteiger charge is -2.37. The van der Waals surface area contributed by atoms with E-state index < -0.39 is 0 Å². The third kappa shape index (κ3) is 3.99. The molecule has 0 saturated carbocycles. The first kappa shape index (κ1) is 14.4. The van der Waals surface area contributed by atoms with Gasteiger partial charge in [-0.1, -0.05) is 0 Å². The highest BCUT2D eigenvalue weighted by atomic mass is 32.2. The van der Waals surface area contributed by atoms with Gasteiger partial charge in [-0.3, -0.25) is 4.79 Å². The molecule has 2 rings (SSSR count). The number of aliphatic hydroxyl groups is 1. The molecule has 1 aliphatic rings. The number of furan rings is 1. The first-order valence-electron chi connectivity index (χ1n) is 6.39. The van der Waals surface area contributed by atoms with Crippen LogP contribution in [0.15, 0.2) is 23.0 Å². The second-order valence-electron chi connectivity index (χ2n) is 4.56. The Hall–Kier alpha value is -0.980. The average molecular weight is 285 g/mol. The Labute approximate surface area is 116 Å². The summed E-state index contributed by atoms with van der Waals surface area (Å²) in [4.78, 5) is 11.9. The summed E-state index contributed by atoms with van der Waals surface area (Å²) in [6.45, 7) is 0.786. The Balaban J connectivity index is 1.90. The van der Waals surface area contributed by atoms with Crippen molar-refractivity contribution in [3.63, 3.8) is 0 Å². The predicted molar refractivity (Wildman–Crippen MR) is 73.4 cm³/mol. The molecule has 0 atom stereocenters. The van der Waals surface area contributed by atoms with E-state index in [1.807, 2.05) is 11.8 Å². The first-order valence-corrected chi connectivity index (χ1v) is 7.54. The van der Waals surface area contributed by atoms with E-state index in [2.05, 4.69) is 5.32 Å². The van der Waals surface area contributed by atoms with Gasteiger partial charge in [-0.25, -0.2) is 0 Å². The molecule has 1 saturated heterocycles. The zero-order valence-electron chi connectivity index (χ0n) is 10.8.